The number of hydrogen-bond donors (Lipinski definition) is 0. The smallest absolute Gasteiger partial charge is 0.265 e. The third kappa shape index (κ3) is 2.89. The lowest BCUT2D eigenvalue weighted by molar-refractivity contribution is -0.137. The zero-order chi connectivity index (χ0) is 18.3. The lowest BCUT2D eigenvalue weighted by atomic mass is 9.96. The van der Waals surface area contributed by atoms with Gasteiger partial charge in [-0.2, -0.15) is 18.3 Å². The Balaban J connectivity index is 1.96. The Labute approximate surface area is 146 Å². The maximum absolute atomic E-state index is 13.4. The van der Waals surface area contributed by atoms with Gasteiger partial charge in [-0.25, -0.2) is 8.91 Å². The van der Waals surface area contributed by atoms with E-state index in [0.29, 0.717) is 22.3 Å². The number of nitrogens with zero attached hydrogens (tertiary/aromatic N) is 3. The number of hydrogen-bond acceptors (Lipinski definition) is 2. The van der Waals surface area contributed by atoms with E-state index in [4.69, 9.17) is 0 Å². The van der Waals surface area contributed by atoms with E-state index in [-0.39, 0.29) is 6.42 Å². The fraction of sp³-hybridized carbons (Fsp3) is 0.158. The van der Waals surface area contributed by atoms with Gasteiger partial charge in [0.05, 0.1) is 11.1 Å². The van der Waals surface area contributed by atoms with Crippen LogP contribution in [0.2, 0.25) is 0 Å². The molecule has 3 aromatic heterocycles. The van der Waals surface area contributed by atoms with E-state index in [1.54, 1.807) is 36.7 Å². The normalized spacial score (nSPS) is 17.5. The van der Waals surface area contributed by atoms with Gasteiger partial charge >= 0.3 is 6.18 Å². The Morgan fingerprint density at radius 3 is 2.50 bits per heavy atom. The molecule has 0 aliphatic heterocycles. The maximum atomic E-state index is 13.4. The van der Waals surface area contributed by atoms with Crippen molar-refractivity contribution in [1.82, 2.24) is 14.6 Å². The first-order valence-corrected chi connectivity index (χ1v) is 7.96. The molecule has 0 bridgehead atoms. The molecule has 3 aromatic rings. The number of alkyl halides is 4. The number of rotatable bonds is 2. The van der Waals surface area contributed by atoms with Gasteiger partial charge in [-0.3, -0.25) is 4.98 Å². The van der Waals surface area contributed by atoms with Crippen LogP contribution in [-0.4, -0.2) is 20.8 Å². The van der Waals surface area contributed by atoms with Gasteiger partial charge in [0.2, 0.25) is 0 Å². The summed E-state index contributed by atoms with van der Waals surface area (Å²) in [4.78, 5) is 3.98. The van der Waals surface area contributed by atoms with Gasteiger partial charge < -0.3 is 0 Å². The first-order valence-electron chi connectivity index (χ1n) is 7.96. The zero-order valence-electron chi connectivity index (χ0n) is 13.4. The molecule has 0 saturated heterocycles. The Bertz CT molecular complexity index is 1020. The van der Waals surface area contributed by atoms with Crippen LogP contribution in [0.15, 0.2) is 61.1 Å². The third-order valence-corrected chi connectivity index (χ3v) is 4.25. The highest BCUT2D eigenvalue weighted by molar-refractivity contribution is 5.92. The van der Waals surface area contributed by atoms with Crippen LogP contribution < -0.4 is 0 Å². The molecule has 1 unspecified atom stereocenters. The molecule has 1 atom stereocenters. The Hall–Kier alpha value is -2.96. The predicted molar refractivity (Wildman–Crippen MR) is 90.1 cm³/mol. The summed E-state index contributed by atoms with van der Waals surface area (Å²) in [6.07, 6.45) is 3.63. The van der Waals surface area contributed by atoms with Crippen LogP contribution in [0.4, 0.5) is 17.6 Å². The minimum atomic E-state index is -4.46. The highest BCUT2D eigenvalue weighted by atomic mass is 19.4. The van der Waals surface area contributed by atoms with Crippen molar-refractivity contribution in [1.29, 1.82) is 0 Å². The number of fused-ring (bicyclic) bond motifs is 1. The van der Waals surface area contributed by atoms with Crippen molar-refractivity contribution < 1.29 is 17.6 Å². The van der Waals surface area contributed by atoms with Crippen LogP contribution in [0.25, 0.3) is 22.2 Å². The van der Waals surface area contributed by atoms with Gasteiger partial charge in [0.25, 0.3) is 0 Å². The second-order valence-electron chi connectivity index (χ2n) is 5.98. The SMILES string of the molecule is FC1C=CC(c2nn3cc(C(F)(F)F)ccc3c2-c2ccncc2)=CC1. The van der Waals surface area contributed by atoms with Crippen molar-refractivity contribution in [2.24, 2.45) is 0 Å². The van der Waals surface area contributed by atoms with Crippen LogP contribution in [0, 0.1) is 0 Å². The molecule has 0 saturated carbocycles. The molecule has 3 heterocycles. The summed E-state index contributed by atoms with van der Waals surface area (Å²) >= 11 is 0. The quantitative estimate of drug-likeness (QED) is 0.596. The summed E-state index contributed by atoms with van der Waals surface area (Å²) in [6.45, 7) is 0. The number of pyridine rings is 2. The molecule has 0 fully saturated rings. The van der Waals surface area contributed by atoms with E-state index >= 15 is 0 Å². The van der Waals surface area contributed by atoms with Crippen LogP contribution >= 0.6 is 0 Å². The highest BCUT2D eigenvalue weighted by Crippen LogP contribution is 2.36. The summed E-state index contributed by atoms with van der Waals surface area (Å²) in [6, 6.07) is 5.97. The van der Waals surface area contributed by atoms with Gasteiger partial charge in [-0.15, -0.1) is 0 Å². The molecule has 0 aromatic carbocycles. The number of allylic oxidation sites excluding steroid dienone is 4. The molecule has 3 nitrogen and oxygen atoms in total. The van der Waals surface area contributed by atoms with Crippen molar-refractivity contribution in [2.75, 3.05) is 0 Å². The molecule has 0 radical (unpaired) electrons. The molecule has 0 spiro atoms. The van der Waals surface area contributed by atoms with Gasteiger partial charge in [0, 0.05) is 30.6 Å². The summed E-state index contributed by atoms with van der Waals surface area (Å²) in [5.41, 5.74) is 2.42. The summed E-state index contributed by atoms with van der Waals surface area (Å²) in [5.74, 6) is 0. The topological polar surface area (TPSA) is 30.2 Å². The largest absolute Gasteiger partial charge is 0.417 e. The first-order chi connectivity index (χ1) is 12.4. The molecule has 4 rings (SSSR count). The van der Waals surface area contributed by atoms with E-state index in [9.17, 15) is 17.6 Å². The van der Waals surface area contributed by atoms with Crippen molar-refractivity contribution in [3.8, 4) is 11.1 Å². The molecule has 1 aliphatic carbocycles. The average Bonchev–Trinajstić information content (AvgIpc) is 3.01. The molecular weight excluding hydrogens is 346 g/mol. The monoisotopic (exact) mass is 359 g/mol. The van der Waals surface area contributed by atoms with Crippen molar-refractivity contribution >= 4 is 11.1 Å². The lowest BCUT2D eigenvalue weighted by Gasteiger charge is -2.09. The van der Waals surface area contributed by atoms with Crippen molar-refractivity contribution in [3.63, 3.8) is 0 Å². The summed E-state index contributed by atoms with van der Waals surface area (Å²) < 4.78 is 53.7. The second kappa shape index (κ2) is 6.09. The molecule has 26 heavy (non-hydrogen) atoms. The van der Waals surface area contributed by atoms with E-state index in [1.165, 1.54) is 16.7 Å². The van der Waals surface area contributed by atoms with Crippen LogP contribution in [0.1, 0.15) is 17.7 Å². The van der Waals surface area contributed by atoms with Crippen LogP contribution in [0.3, 0.4) is 0 Å². The minimum absolute atomic E-state index is 0.212. The fourth-order valence-electron chi connectivity index (χ4n) is 2.99. The fourth-order valence-corrected chi connectivity index (χ4v) is 2.99. The Kier molecular flexibility index (Phi) is 3.86. The lowest BCUT2D eigenvalue weighted by Crippen LogP contribution is -2.06. The van der Waals surface area contributed by atoms with E-state index < -0.39 is 17.9 Å². The summed E-state index contributed by atoms with van der Waals surface area (Å²) in [7, 11) is 0. The van der Waals surface area contributed by atoms with Crippen molar-refractivity contribution in [2.45, 2.75) is 18.8 Å². The highest BCUT2D eigenvalue weighted by Gasteiger charge is 2.31. The molecular formula is C19H13F4N3. The predicted octanol–water partition coefficient (Wildman–Crippen LogP) is 5.10. The standard InChI is InChI=1S/C19H13F4N3/c20-15-4-1-13(2-5-15)18-17(12-7-9-24-10-8-12)16-6-3-14(19(21,22)23)11-26(16)25-18/h1-4,6-11,15H,5H2. The van der Waals surface area contributed by atoms with Crippen LogP contribution in [-0.2, 0) is 6.18 Å². The first kappa shape index (κ1) is 16.5. The molecule has 0 amide bonds. The molecule has 132 valence electrons. The Morgan fingerprint density at radius 1 is 1.08 bits per heavy atom. The summed E-state index contributed by atoms with van der Waals surface area (Å²) in [5, 5.41) is 4.37. The molecule has 7 heteroatoms. The maximum Gasteiger partial charge on any atom is 0.417 e. The Morgan fingerprint density at radius 2 is 1.85 bits per heavy atom. The van der Waals surface area contributed by atoms with Gasteiger partial charge in [-0.05, 0) is 41.5 Å². The molecule has 0 N–H and O–H groups in total. The minimum Gasteiger partial charge on any atom is -0.265 e. The molecule has 1 aliphatic rings. The van der Waals surface area contributed by atoms with Crippen molar-refractivity contribution in [3.05, 3.63) is 72.3 Å². The van der Waals surface area contributed by atoms with Gasteiger partial charge in [0.15, 0.2) is 0 Å². The van der Waals surface area contributed by atoms with E-state index in [2.05, 4.69) is 10.1 Å². The van der Waals surface area contributed by atoms with Crippen LogP contribution in [0.5, 0.6) is 0 Å². The van der Waals surface area contributed by atoms with Gasteiger partial charge in [-0.1, -0.05) is 12.2 Å². The van der Waals surface area contributed by atoms with E-state index in [1.807, 2.05) is 0 Å². The number of aromatic nitrogens is 3. The van der Waals surface area contributed by atoms with Gasteiger partial charge in [0.1, 0.15) is 11.9 Å². The zero-order valence-corrected chi connectivity index (χ0v) is 13.4. The third-order valence-electron chi connectivity index (χ3n) is 4.25. The van der Waals surface area contributed by atoms with E-state index in [0.717, 1.165) is 17.8 Å². The second-order valence-corrected chi connectivity index (χ2v) is 5.98. The average molecular weight is 359 g/mol. The number of halogens is 4.